The molecular formula is C13H20N2O4S. The lowest BCUT2D eigenvalue weighted by atomic mass is 9.92. The van der Waals surface area contributed by atoms with E-state index >= 15 is 0 Å². The van der Waals surface area contributed by atoms with Gasteiger partial charge in [0.15, 0.2) is 0 Å². The summed E-state index contributed by atoms with van der Waals surface area (Å²) in [5, 5.41) is 10.1. The summed E-state index contributed by atoms with van der Waals surface area (Å²) in [4.78, 5) is 0.120. The van der Waals surface area contributed by atoms with Crippen molar-refractivity contribution in [1.82, 2.24) is 4.31 Å². The van der Waals surface area contributed by atoms with Crippen LogP contribution in [0.25, 0.3) is 0 Å². The Morgan fingerprint density at radius 1 is 1.45 bits per heavy atom. The first kappa shape index (κ1) is 15.1. The van der Waals surface area contributed by atoms with E-state index in [0.717, 1.165) is 6.42 Å². The summed E-state index contributed by atoms with van der Waals surface area (Å²) in [6.07, 6.45) is 1.42. The Kier molecular flexibility index (Phi) is 3.95. The molecule has 0 bridgehead atoms. The second kappa shape index (κ2) is 5.23. The molecule has 0 radical (unpaired) electrons. The van der Waals surface area contributed by atoms with Gasteiger partial charge in [0.25, 0.3) is 0 Å². The topological polar surface area (TPSA) is 92.9 Å². The molecule has 1 aromatic rings. The van der Waals surface area contributed by atoms with Gasteiger partial charge in [0.05, 0.1) is 23.3 Å². The highest BCUT2D eigenvalue weighted by atomic mass is 32.2. The number of hydrogen-bond acceptors (Lipinski definition) is 5. The summed E-state index contributed by atoms with van der Waals surface area (Å²) >= 11 is 0. The molecule has 1 saturated heterocycles. The van der Waals surface area contributed by atoms with Crippen molar-refractivity contribution in [3.05, 3.63) is 18.2 Å². The number of hydrogen-bond donors (Lipinski definition) is 2. The predicted molar refractivity (Wildman–Crippen MR) is 76.0 cm³/mol. The highest BCUT2D eigenvalue weighted by Crippen LogP contribution is 2.33. The van der Waals surface area contributed by atoms with Gasteiger partial charge in [-0.1, -0.05) is 13.3 Å². The first-order valence-electron chi connectivity index (χ1n) is 6.48. The Bertz CT molecular complexity index is 594. The fraction of sp³-hybridized carbons (Fsp3) is 0.538. The molecule has 2 rings (SSSR count). The molecule has 1 fully saturated rings. The van der Waals surface area contributed by atoms with Gasteiger partial charge in [0.2, 0.25) is 10.0 Å². The zero-order valence-electron chi connectivity index (χ0n) is 11.7. The van der Waals surface area contributed by atoms with Crippen LogP contribution in [0, 0.1) is 0 Å². The largest absolute Gasteiger partial charge is 0.495 e. The van der Waals surface area contributed by atoms with E-state index in [9.17, 15) is 13.5 Å². The molecule has 0 spiro atoms. The SMILES string of the molecule is CCCC1(O)CN(S(=O)(=O)c2ccc(OC)c(N)c2)C1. The van der Waals surface area contributed by atoms with Gasteiger partial charge in [-0.15, -0.1) is 0 Å². The number of nitrogen functional groups attached to an aromatic ring is 1. The summed E-state index contributed by atoms with van der Waals surface area (Å²) < 4.78 is 31.0. The van der Waals surface area contributed by atoms with Crippen LogP contribution in [-0.4, -0.2) is 43.6 Å². The summed E-state index contributed by atoms with van der Waals surface area (Å²) in [5.41, 5.74) is 5.12. The molecule has 1 heterocycles. The van der Waals surface area contributed by atoms with Crippen molar-refractivity contribution in [3.63, 3.8) is 0 Å². The van der Waals surface area contributed by atoms with Gasteiger partial charge < -0.3 is 15.6 Å². The lowest BCUT2D eigenvalue weighted by Crippen LogP contribution is -2.63. The molecule has 112 valence electrons. The van der Waals surface area contributed by atoms with Gasteiger partial charge in [0.1, 0.15) is 5.75 Å². The number of benzene rings is 1. The zero-order chi connectivity index (χ0) is 15.0. The normalized spacial score (nSPS) is 18.6. The highest BCUT2D eigenvalue weighted by molar-refractivity contribution is 7.89. The number of rotatable bonds is 5. The van der Waals surface area contributed by atoms with E-state index in [1.807, 2.05) is 6.92 Å². The van der Waals surface area contributed by atoms with Crippen molar-refractivity contribution < 1.29 is 18.3 Å². The number of β-amino-alcohol motifs (C(OH)–C–C–N with tert-alkyl or cyclic N) is 1. The summed E-state index contributed by atoms with van der Waals surface area (Å²) in [6, 6.07) is 4.37. The average molecular weight is 300 g/mol. The van der Waals surface area contributed by atoms with Crippen LogP contribution >= 0.6 is 0 Å². The maximum absolute atomic E-state index is 12.4. The molecule has 1 aliphatic rings. The minimum atomic E-state index is -3.60. The van der Waals surface area contributed by atoms with E-state index in [2.05, 4.69) is 0 Å². The van der Waals surface area contributed by atoms with Crippen LogP contribution in [0.2, 0.25) is 0 Å². The summed E-state index contributed by atoms with van der Waals surface area (Å²) in [5.74, 6) is 0.440. The number of methoxy groups -OCH3 is 1. The molecule has 0 saturated carbocycles. The third-order valence-electron chi connectivity index (χ3n) is 3.50. The Balaban J connectivity index is 2.19. The monoisotopic (exact) mass is 300 g/mol. The van der Waals surface area contributed by atoms with Crippen molar-refractivity contribution in [2.24, 2.45) is 0 Å². The van der Waals surface area contributed by atoms with E-state index in [4.69, 9.17) is 10.5 Å². The molecule has 0 unspecified atom stereocenters. The van der Waals surface area contributed by atoms with Crippen LogP contribution in [0.4, 0.5) is 5.69 Å². The quantitative estimate of drug-likeness (QED) is 0.785. The molecule has 0 amide bonds. The van der Waals surface area contributed by atoms with Crippen LogP contribution in [0.3, 0.4) is 0 Å². The molecule has 6 nitrogen and oxygen atoms in total. The Hall–Kier alpha value is -1.31. The number of aliphatic hydroxyl groups is 1. The van der Waals surface area contributed by atoms with Crippen molar-refractivity contribution in [1.29, 1.82) is 0 Å². The standard InChI is InChI=1S/C13H20N2O4S/c1-3-6-13(16)8-15(9-13)20(17,18)10-4-5-12(19-2)11(14)7-10/h4-5,7,16H,3,6,8-9,14H2,1-2H3. The lowest BCUT2D eigenvalue weighted by Gasteiger charge is -2.45. The van der Waals surface area contributed by atoms with Crippen molar-refractivity contribution in [3.8, 4) is 5.75 Å². The minimum absolute atomic E-state index is 0.120. The molecule has 1 aliphatic heterocycles. The second-order valence-corrected chi connectivity index (χ2v) is 7.09. The Morgan fingerprint density at radius 3 is 2.60 bits per heavy atom. The third-order valence-corrected chi connectivity index (χ3v) is 5.28. The van der Waals surface area contributed by atoms with E-state index < -0.39 is 15.6 Å². The van der Waals surface area contributed by atoms with Crippen LogP contribution in [0.5, 0.6) is 5.75 Å². The smallest absolute Gasteiger partial charge is 0.243 e. The van der Waals surface area contributed by atoms with E-state index in [1.54, 1.807) is 0 Å². The third kappa shape index (κ3) is 2.61. The van der Waals surface area contributed by atoms with Crippen LogP contribution in [0.1, 0.15) is 19.8 Å². The van der Waals surface area contributed by atoms with Crippen LogP contribution in [-0.2, 0) is 10.0 Å². The average Bonchev–Trinajstić information content (AvgIpc) is 2.36. The number of ether oxygens (including phenoxy) is 1. The molecule has 20 heavy (non-hydrogen) atoms. The molecule has 7 heteroatoms. The first-order valence-corrected chi connectivity index (χ1v) is 7.92. The summed E-state index contributed by atoms with van der Waals surface area (Å²) in [7, 11) is -2.13. The predicted octanol–water partition coefficient (Wildman–Crippen LogP) is 0.813. The van der Waals surface area contributed by atoms with Crippen molar-refractivity contribution in [2.45, 2.75) is 30.3 Å². The fourth-order valence-electron chi connectivity index (χ4n) is 2.43. The van der Waals surface area contributed by atoms with E-state index in [0.29, 0.717) is 12.2 Å². The Morgan fingerprint density at radius 2 is 2.10 bits per heavy atom. The van der Waals surface area contributed by atoms with Gasteiger partial charge in [0, 0.05) is 13.1 Å². The Labute approximate surface area is 119 Å². The number of sulfonamides is 1. The number of anilines is 1. The second-order valence-electron chi connectivity index (χ2n) is 5.15. The molecule has 0 aliphatic carbocycles. The van der Waals surface area contributed by atoms with Crippen LogP contribution in [0.15, 0.2) is 23.1 Å². The van der Waals surface area contributed by atoms with Gasteiger partial charge in [-0.25, -0.2) is 8.42 Å². The molecule has 0 aromatic heterocycles. The van der Waals surface area contributed by atoms with Crippen molar-refractivity contribution in [2.75, 3.05) is 25.9 Å². The lowest BCUT2D eigenvalue weighted by molar-refractivity contribution is -0.0653. The summed E-state index contributed by atoms with van der Waals surface area (Å²) in [6.45, 7) is 2.23. The first-order chi connectivity index (χ1) is 9.32. The zero-order valence-corrected chi connectivity index (χ0v) is 12.5. The molecular weight excluding hydrogens is 280 g/mol. The molecule has 3 N–H and O–H groups in total. The van der Waals surface area contributed by atoms with E-state index in [1.165, 1.54) is 29.6 Å². The maximum atomic E-state index is 12.4. The number of nitrogens with zero attached hydrogens (tertiary/aromatic N) is 1. The maximum Gasteiger partial charge on any atom is 0.243 e. The number of nitrogens with two attached hydrogens (primary N) is 1. The van der Waals surface area contributed by atoms with Crippen molar-refractivity contribution >= 4 is 15.7 Å². The minimum Gasteiger partial charge on any atom is -0.495 e. The van der Waals surface area contributed by atoms with E-state index in [-0.39, 0.29) is 23.7 Å². The molecule has 0 atom stereocenters. The van der Waals surface area contributed by atoms with Gasteiger partial charge >= 0.3 is 0 Å². The van der Waals surface area contributed by atoms with Gasteiger partial charge in [-0.2, -0.15) is 4.31 Å². The highest BCUT2D eigenvalue weighted by Gasteiger charge is 2.46. The van der Waals surface area contributed by atoms with Gasteiger partial charge in [-0.3, -0.25) is 0 Å². The molecule has 1 aromatic carbocycles. The fourth-order valence-corrected chi connectivity index (χ4v) is 4.06. The van der Waals surface area contributed by atoms with Gasteiger partial charge in [-0.05, 0) is 24.6 Å². The van der Waals surface area contributed by atoms with Crippen LogP contribution < -0.4 is 10.5 Å².